The molecule has 100 valence electrons. The number of rotatable bonds is 5. The second kappa shape index (κ2) is 5.83. The maximum atomic E-state index is 5.97. The second-order valence-electron chi connectivity index (χ2n) is 5.58. The minimum Gasteiger partial charge on any atom is -0.329 e. The van der Waals surface area contributed by atoms with Crippen LogP contribution in [0.2, 0.25) is 0 Å². The zero-order valence-electron chi connectivity index (χ0n) is 11.8. The number of benzene rings is 1. The Bertz CT molecular complexity index is 401. The lowest BCUT2D eigenvalue weighted by molar-refractivity contribution is 0.208. The number of aryl methyl sites for hydroxylation is 1. The number of nitrogens with zero attached hydrogens (tertiary/aromatic N) is 2. The first-order chi connectivity index (χ1) is 8.61. The van der Waals surface area contributed by atoms with Gasteiger partial charge in [-0.1, -0.05) is 23.8 Å². The molecule has 2 N–H and O–H groups in total. The summed E-state index contributed by atoms with van der Waals surface area (Å²) in [5.41, 5.74) is 10.2. The van der Waals surface area contributed by atoms with Gasteiger partial charge in [-0.15, -0.1) is 0 Å². The fraction of sp³-hybridized carbons (Fsp3) is 0.600. The molecule has 0 radical (unpaired) electrons. The summed E-state index contributed by atoms with van der Waals surface area (Å²) in [6.07, 6.45) is 1.20. The van der Waals surface area contributed by atoms with Crippen LogP contribution >= 0.6 is 0 Å². The molecule has 1 aromatic rings. The van der Waals surface area contributed by atoms with Gasteiger partial charge in [0.1, 0.15) is 0 Å². The molecule has 0 bridgehead atoms. The Balaban J connectivity index is 2.03. The van der Waals surface area contributed by atoms with E-state index in [4.69, 9.17) is 5.73 Å². The standard InChI is InChI=1S/C15H25N3/c1-12-5-6-13-11-18(8-4-7-17(2)3)15(10-16)14(13)9-12/h5-6,9,15H,4,7-8,10-11,16H2,1-3H3. The third-order valence-corrected chi connectivity index (χ3v) is 3.75. The van der Waals surface area contributed by atoms with E-state index in [1.165, 1.54) is 23.1 Å². The average Bonchev–Trinajstić information content (AvgIpc) is 2.65. The molecule has 18 heavy (non-hydrogen) atoms. The van der Waals surface area contributed by atoms with Crippen LogP contribution < -0.4 is 5.73 Å². The number of fused-ring (bicyclic) bond motifs is 1. The van der Waals surface area contributed by atoms with Crippen LogP contribution in [-0.4, -0.2) is 43.5 Å². The third kappa shape index (κ3) is 2.91. The minimum atomic E-state index is 0.419. The van der Waals surface area contributed by atoms with Gasteiger partial charge in [0.25, 0.3) is 0 Å². The van der Waals surface area contributed by atoms with E-state index in [1.54, 1.807) is 0 Å². The molecule has 1 aromatic carbocycles. The Kier molecular flexibility index (Phi) is 4.38. The van der Waals surface area contributed by atoms with Crippen molar-refractivity contribution in [3.05, 3.63) is 34.9 Å². The molecule has 1 unspecified atom stereocenters. The molecule has 0 aliphatic carbocycles. The first-order valence-electron chi connectivity index (χ1n) is 6.80. The predicted molar refractivity (Wildman–Crippen MR) is 76.6 cm³/mol. The van der Waals surface area contributed by atoms with Crippen LogP contribution in [0.4, 0.5) is 0 Å². The van der Waals surface area contributed by atoms with Gasteiger partial charge in [-0.3, -0.25) is 4.90 Å². The van der Waals surface area contributed by atoms with Crippen molar-refractivity contribution in [3.8, 4) is 0 Å². The van der Waals surface area contributed by atoms with Gasteiger partial charge in [-0.05, 0) is 45.1 Å². The maximum Gasteiger partial charge on any atom is 0.0477 e. The van der Waals surface area contributed by atoms with Crippen LogP contribution in [-0.2, 0) is 6.54 Å². The van der Waals surface area contributed by atoms with Crippen LogP contribution in [0.1, 0.15) is 29.2 Å². The van der Waals surface area contributed by atoms with E-state index in [0.717, 1.165) is 26.2 Å². The van der Waals surface area contributed by atoms with Crippen molar-refractivity contribution in [2.75, 3.05) is 33.7 Å². The summed E-state index contributed by atoms with van der Waals surface area (Å²) in [4.78, 5) is 4.76. The van der Waals surface area contributed by atoms with Crippen LogP contribution in [0.15, 0.2) is 18.2 Å². The van der Waals surface area contributed by atoms with E-state index in [9.17, 15) is 0 Å². The van der Waals surface area contributed by atoms with Crippen molar-refractivity contribution in [1.29, 1.82) is 0 Å². The molecule has 0 saturated carbocycles. The summed E-state index contributed by atoms with van der Waals surface area (Å²) in [6, 6.07) is 7.19. The zero-order valence-corrected chi connectivity index (χ0v) is 11.8. The first-order valence-corrected chi connectivity index (χ1v) is 6.80. The largest absolute Gasteiger partial charge is 0.329 e. The molecule has 0 saturated heterocycles. The van der Waals surface area contributed by atoms with Crippen LogP contribution in [0, 0.1) is 6.92 Å². The van der Waals surface area contributed by atoms with Gasteiger partial charge < -0.3 is 10.6 Å². The first kappa shape index (κ1) is 13.5. The molecule has 1 aliphatic heterocycles. The van der Waals surface area contributed by atoms with Gasteiger partial charge in [0.05, 0.1) is 0 Å². The van der Waals surface area contributed by atoms with E-state index in [-0.39, 0.29) is 0 Å². The van der Waals surface area contributed by atoms with E-state index in [1.807, 2.05) is 0 Å². The molecule has 0 aromatic heterocycles. The number of hydrogen-bond donors (Lipinski definition) is 1. The monoisotopic (exact) mass is 247 g/mol. The Labute approximate surface area is 111 Å². The molecule has 0 spiro atoms. The summed E-state index contributed by atoms with van der Waals surface area (Å²) in [7, 11) is 4.25. The molecular weight excluding hydrogens is 222 g/mol. The van der Waals surface area contributed by atoms with Crippen LogP contribution in [0.25, 0.3) is 0 Å². The molecule has 2 rings (SSSR count). The van der Waals surface area contributed by atoms with Crippen LogP contribution in [0.3, 0.4) is 0 Å². The highest BCUT2D eigenvalue weighted by Gasteiger charge is 2.28. The predicted octanol–water partition coefficient (Wildman–Crippen LogP) is 1.76. The van der Waals surface area contributed by atoms with Crippen molar-refractivity contribution < 1.29 is 0 Å². The van der Waals surface area contributed by atoms with E-state index in [0.29, 0.717) is 6.04 Å². The fourth-order valence-corrected chi connectivity index (χ4v) is 2.80. The highest BCUT2D eigenvalue weighted by Crippen LogP contribution is 2.33. The van der Waals surface area contributed by atoms with Crippen LogP contribution in [0.5, 0.6) is 0 Å². The lowest BCUT2D eigenvalue weighted by Gasteiger charge is -2.24. The summed E-state index contributed by atoms with van der Waals surface area (Å²) in [5.74, 6) is 0. The van der Waals surface area contributed by atoms with Gasteiger partial charge in [0, 0.05) is 25.7 Å². The highest BCUT2D eigenvalue weighted by molar-refractivity contribution is 5.37. The summed E-state index contributed by atoms with van der Waals surface area (Å²) in [5, 5.41) is 0. The molecular formula is C15H25N3. The lowest BCUT2D eigenvalue weighted by Crippen LogP contribution is -2.30. The lowest BCUT2D eigenvalue weighted by atomic mass is 10.0. The van der Waals surface area contributed by atoms with Crippen molar-refractivity contribution in [2.24, 2.45) is 5.73 Å². The normalized spacial score (nSPS) is 19.5. The van der Waals surface area contributed by atoms with E-state index in [2.05, 4.69) is 49.0 Å². The van der Waals surface area contributed by atoms with Gasteiger partial charge in [-0.25, -0.2) is 0 Å². The molecule has 3 nitrogen and oxygen atoms in total. The van der Waals surface area contributed by atoms with Gasteiger partial charge in [0.2, 0.25) is 0 Å². The number of nitrogens with two attached hydrogens (primary N) is 1. The molecule has 1 aliphatic rings. The van der Waals surface area contributed by atoms with Crippen molar-refractivity contribution in [1.82, 2.24) is 9.80 Å². The maximum absolute atomic E-state index is 5.97. The van der Waals surface area contributed by atoms with Crippen molar-refractivity contribution in [3.63, 3.8) is 0 Å². The molecule has 1 atom stereocenters. The quantitative estimate of drug-likeness (QED) is 0.860. The Morgan fingerprint density at radius 2 is 2.17 bits per heavy atom. The van der Waals surface area contributed by atoms with Crippen molar-refractivity contribution >= 4 is 0 Å². The fourth-order valence-electron chi connectivity index (χ4n) is 2.80. The Hall–Kier alpha value is -0.900. The Morgan fingerprint density at radius 3 is 2.83 bits per heavy atom. The van der Waals surface area contributed by atoms with Gasteiger partial charge in [0.15, 0.2) is 0 Å². The molecule has 1 heterocycles. The third-order valence-electron chi connectivity index (χ3n) is 3.75. The van der Waals surface area contributed by atoms with E-state index >= 15 is 0 Å². The summed E-state index contributed by atoms with van der Waals surface area (Å²) < 4.78 is 0. The van der Waals surface area contributed by atoms with Gasteiger partial charge in [-0.2, -0.15) is 0 Å². The molecule has 3 heteroatoms. The average molecular weight is 247 g/mol. The summed E-state index contributed by atoms with van der Waals surface area (Å²) in [6.45, 7) is 6.21. The highest BCUT2D eigenvalue weighted by atomic mass is 15.2. The Morgan fingerprint density at radius 1 is 1.39 bits per heavy atom. The smallest absolute Gasteiger partial charge is 0.0477 e. The summed E-state index contributed by atoms with van der Waals surface area (Å²) >= 11 is 0. The van der Waals surface area contributed by atoms with E-state index < -0.39 is 0 Å². The molecule has 0 fully saturated rings. The minimum absolute atomic E-state index is 0.419. The topological polar surface area (TPSA) is 32.5 Å². The van der Waals surface area contributed by atoms with Gasteiger partial charge >= 0.3 is 0 Å². The second-order valence-corrected chi connectivity index (χ2v) is 5.58. The zero-order chi connectivity index (χ0) is 13.1. The van der Waals surface area contributed by atoms with Crippen molar-refractivity contribution in [2.45, 2.75) is 25.9 Å². The SMILES string of the molecule is Cc1ccc2c(c1)C(CN)N(CCCN(C)C)C2. The molecule has 0 amide bonds. The number of hydrogen-bond acceptors (Lipinski definition) is 3.